The van der Waals surface area contributed by atoms with Gasteiger partial charge in [0, 0.05) is 41.5 Å². The third kappa shape index (κ3) is 10.7. The number of cyclic esters (lactones) is 6. The Morgan fingerprint density at radius 3 is 0.758 bits per heavy atom. The fourth-order valence-electron chi connectivity index (χ4n) is 6.21. The molecule has 18 heteroatoms. The van der Waals surface area contributed by atoms with E-state index in [1.165, 1.54) is 133 Å². The largest absolute Gasteiger partial charge is 0.423 e. The summed E-state index contributed by atoms with van der Waals surface area (Å²) in [7, 11) is 0. The molecule has 0 aromatic heterocycles. The Bertz CT molecular complexity index is 2450. The van der Waals surface area contributed by atoms with Gasteiger partial charge in [0.2, 0.25) is 0 Å². The zero-order valence-electron chi connectivity index (χ0n) is 35.7. The lowest BCUT2D eigenvalue weighted by molar-refractivity contribution is -0.224. The maximum absolute atomic E-state index is 13.6. The van der Waals surface area contributed by atoms with Gasteiger partial charge in [0.1, 0.15) is 34.0 Å². The molecule has 3 fully saturated rings. The SMILES string of the molecule is CC1(C)OC(=O)C(=Cc2ccc(OC(=O)c3cc(C(=O)Oc4ccc(C=C5C(=O)OC(C)(C)OC5=O)cc4)cc(C(=O)Oc4ccc(C=C5C(=O)OC(C)(C)OC5=O)cc4)c3)cc2)C(=O)O1. The van der Waals surface area contributed by atoms with Crippen molar-refractivity contribution in [1.29, 1.82) is 0 Å². The molecule has 3 heterocycles. The van der Waals surface area contributed by atoms with E-state index in [0.717, 1.165) is 18.2 Å². The number of carbonyl (C=O) groups is 9. The highest BCUT2D eigenvalue weighted by atomic mass is 16.8. The highest BCUT2D eigenvalue weighted by molar-refractivity contribution is 6.20. The fraction of sp³-hybridized carbons (Fsp3) is 0.188. The molecule has 4 aromatic rings. The Morgan fingerprint density at radius 2 is 0.561 bits per heavy atom. The topological polar surface area (TPSA) is 237 Å². The van der Waals surface area contributed by atoms with Gasteiger partial charge in [0.05, 0.1) is 16.7 Å². The molecule has 336 valence electrons. The molecule has 0 radical (unpaired) electrons. The van der Waals surface area contributed by atoms with Crippen LogP contribution < -0.4 is 14.2 Å². The minimum atomic E-state index is -1.43. The number of ether oxygens (including phenoxy) is 9. The van der Waals surface area contributed by atoms with E-state index in [1.807, 2.05) is 0 Å². The predicted octanol–water partition coefficient (Wildman–Crippen LogP) is 6.00. The monoisotopic (exact) mass is 900 g/mol. The Labute approximate surface area is 374 Å². The molecule has 18 nitrogen and oxygen atoms in total. The molecule has 0 bridgehead atoms. The highest BCUT2D eigenvalue weighted by Crippen LogP contribution is 2.29. The first-order chi connectivity index (χ1) is 31.0. The van der Waals surface area contributed by atoms with Crippen LogP contribution in [0, 0.1) is 0 Å². The summed E-state index contributed by atoms with van der Waals surface area (Å²) in [6.07, 6.45) is 3.71. The predicted molar refractivity (Wildman–Crippen MR) is 223 cm³/mol. The first-order valence-corrected chi connectivity index (χ1v) is 19.7. The second kappa shape index (κ2) is 17.5. The van der Waals surface area contributed by atoms with Gasteiger partial charge in [-0.2, -0.15) is 0 Å². The molecule has 0 saturated carbocycles. The number of hydrogen-bond acceptors (Lipinski definition) is 18. The average molecular weight is 901 g/mol. The Balaban J connectivity index is 1.11. The smallest absolute Gasteiger partial charge is 0.348 e. The Morgan fingerprint density at radius 1 is 0.364 bits per heavy atom. The van der Waals surface area contributed by atoms with Gasteiger partial charge in [-0.1, -0.05) is 36.4 Å². The van der Waals surface area contributed by atoms with Gasteiger partial charge in [-0.05, 0) is 89.5 Å². The molecule has 0 spiro atoms. The van der Waals surface area contributed by atoms with Gasteiger partial charge >= 0.3 is 53.7 Å². The van der Waals surface area contributed by atoms with Crippen LogP contribution in [-0.2, 0) is 57.2 Å². The first-order valence-electron chi connectivity index (χ1n) is 19.7. The van der Waals surface area contributed by atoms with Crippen LogP contribution in [0.1, 0.15) is 89.3 Å². The molecular formula is C48H36O18. The normalized spacial score (nSPS) is 17.1. The summed E-state index contributed by atoms with van der Waals surface area (Å²) in [5.41, 5.74) is -0.856. The number of hydrogen-bond donors (Lipinski definition) is 0. The summed E-state index contributed by atoms with van der Waals surface area (Å²) in [4.78, 5) is 115. The molecule has 0 N–H and O–H groups in total. The number of esters is 9. The zero-order valence-corrected chi connectivity index (χ0v) is 35.7. The van der Waals surface area contributed by atoms with E-state index in [4.69, 9.17) is 42.6 Å². The zero-order chi connectivity index (χ0) is 47.7. The minimum absolute atomic E-state index is 0.00349. The van der Waals surface area contributed by atoms with Crippen molar-refractivity contribution >= 4 is 72.0 Å². The molecule has 7 rings (SSSR count). The van der Waals surface area contributed by atoms with Crippen LogP contribution in [0.5, 0.6) is 17.2 Å². The average Bonchev–Trinajstić information content (AvgIpc) is 3.22. The van der Waals surface area contributed by atoms with Crippen LogP contribution in [0.4, 0.5) is 0 Å². The van der Waals surface area contributed by atoms with Crippen LogP contribution in [0.15, 0.2) is 108 Å². The Kier molecular flexibility index (Phi) is 12.0. The number of benzene rings is 4. The molecular weight excluding hydrogens is 865 g/mol. The summed E-state index contributed by atoms with van der Waals surface area (Å²) in [5, 5.41) is 0. The van der Waals surface area contributed by atoms with Crippen molar-refractivity contribution in [2.45, 2.75) is 58.9 Å². The van der Waals surface area contributed by atoms with Crippen LogP contribution >= 0.6 is 0 Å². The molecule has 66 heavy (non-hydrogen) atoms. The van der Waals surface area contributed by atoms with Gasteiger partial charge < -0.3 is 42.6 Å². The second-order valence-electron chi connectivity index (χ2n) is 15.9. The lowest BCUT2D eigenvalue weighted by Crippen LogP contribution is -2.41. The maximum Gasteiger partial charge on any atom is 0.348 e. The van der Waals surface area contributed by atoms with Crippen LogP contribution in [0.25, 0.3) is 18.2 Å². The van der Waals surface area contributed by atoms with Gasteiger partial charge in [-0.3, -0.25) is 0 Å². The van der Waals surface area contributed by atoms with Crippen molar-refractivity contribution in [3.63, 3.8) is 0 Å². The number of carbonyl (C=O) groups excluding carboxylic acids is 9. The first kappa shape index (κ1) is 45.4. The van der Waals surface area contributed by atoms with Gasteiger partial charge in [0.25, 0.3) is 17.4 Å². The summed E-state index contributed by atoms with van der Waals surface area (Å²) in [5.74, 6) is -12.7. The van der Waals surface area contributed by atoms with Crippen molar-refractivity contribution in [1.82, 2.24) is 0 Å². The van der Waals surface area contributed by atoms with Crippen molar-refractivity contribution in [2.75, 3.05) is 0 Å². The summed E-state index contributed by atoms with van der Waals surface area (Å²) in [6, 6.07) is 20.2. The molecule has 0 aliphatic carbocycles. The van der Waals surface area contributed by atoms with Crippen molar-refractivity contribution in [3.05, 3.63) is 141 Å². The molecule has 0 amide bonds. The quantitative estimate of drug-likeness (QED) is 0.0615. The van der Waals surface area contributed by atoms with Crippen molar-refractivity contribution < 1.29 is 85.8 Å². The van der Waals surface area contributed by atoms with E-state index >= 15 is 0 Å². The summed E-state index contributed by atoms with van der Waals surface area (Å²) >= 11 is 0. The van der Waals surface area contributed by atoms with E-state index in [2.05, 4.69) is 0 Å². The van der Waals surface area contributed by atoms with Gasteiger partial charge in [-0.15, -0.1) is 0 Å². The minimum Gasteiger partial charge on any atom is -0.423 e. The highest BCUT2D eigenvalue weighted by Gasteiger charge is 2.41. The van der Waals surface area contributed by atoms with E-state index in [1.54, 1.807) is 0 Å². The van der Waals surface area contributed by atoms with Crippen LogP contribution in [0.3, 0.4) is 0 Å². The van der Waals surface area contributed by atoms with E-state index < -0.39 is 71.1 Å². The molecule has 0 unspecified atom stereocenters. The van der Waals surface area contributed by atoms with Crippen molar-refractivity contribution in [2.24, 2.45) is 0 Å². The lowest BCUT2D eigenvalue weighted by atomic mass is 10.1. The summed E-state index contributed by atoms with van der Waals surface area (Å²) < 4.78 is 47.3. The molecule has 3 aliphatic heterocycles. The molecule has 3 saturated heterocycles. The van der Waals surface area contributed by atoms with Crippen LogP contribution in [0.2, 0.25) is 0 Å². The second-order valence-corrected chi connectivity index (χ2v) is 15.9. The maximum atomic E-state index is 13.6. The van der Waals surface area contributed by atoms with Gasteiger partial charge in [0.15, 0.2) is 0 Å². The van der Waals surface area contributed by atoms with E-state index in [-0.39, 0.29) is 50.7 Å². The Hall–Kier alpha value is -8.67. The standard InChI is InChI=1S/C48H36O18/c1-46(2)61-40(52)34(41(53)62-46)19-25-7-13-31(14-8-25)58-37(49)28-22-29(38(50)59-32-15-9-26(10-16-32)20-35-42(54)63-47(3,4)64-43(35)55)24-30(23-28)39(51)60-33-17-11-27(12-18-33)21-36-44(56)65-48(5,6)66-45(36)57/h7-24H,1-6H3. The van der Waals surface area contributed by atoms with E-state index in [0.29, 0.717) is 16.7 Å². The van der Waals surface area contributed by atoms with Crippen LogP contribution in [-0.4, -0.2) is 71.1 Å². The number of rotatable bonds is 9. The molecule has 3 aliphatic rings. The fourth-order valence-corrected chi connectivity index (χ4v) is 6.21. The van der Waals surface area contributed by atoms with E-state index in [9.17, 15) is 43.2 Å². The summed E-state index contributed by atoms with van der Waals surface area (Å²) in [6.45, 7) is 8.46. The third-order valence-corrected chi connectivity index (χ3v) is 9.20. The molecule has 0 atom stereocenters. The lowest BCUT2D eigenvalue weighted by Gasteiger charge is -2.29. The molecule has 4 aromatic carbocycles. The van der Waals surface area contributed by atoms with Gasteiger partial charge in [-0.25, -0.2) is 43.2 Å². The van der Waals surface area contributed by atoms with Crippen molar-refractivity contribution in [3.8, 4) is 17.2 Å². The third-order valence-electron chi connectivity index (χ3n) is 9.20.